The first-order valence-electron chi connectivity index (χ1n) is 7.17. The van der Waals surface area contributed by atoms with Gasteiger partial charge < -0.3 is 5.32 Å². The predicted molar refractivity (Wildman–Crippen MR) is 82.8 cm³/mol. The summed E-state index contributed by atoms with van der Waals surface area (Å²) in [5.74, 6) is 0. The average molecular weight is 269 g/mol. The molecule has 0 saturated heterocycles. The molecule has 1 N–H and O–H groups in total. The van der Waals surface area contributed by atoms with Crippen LogP contribution < -0.4 is 5.32 Å². The number of aryl methyl sites for hydroxylation is 3. The van der Waals surface area contributed by atoms with Gasteiger partial charge in [-0.05, 0) is 39.3 Å². The van der Waals surface area contributed by atoms with Crippen LogP contribution in [0.5, 0.6) is 0 Å². The van der Waals surface area contributed by atoms with Crippen LogP contribution in [-0.2, 0) is 6.42 Å². The quantitative estimate of drug-likeness (QED) is 0.905. The molecule has 0 fully saturated rings. The number of nitrogens with one attached hydrogen (secondary N) is 1. The summed E-state index contributed by atoms with van der Waals surface area (Å²) in [6.45, 7) is 9.29. The lowest BCUT2D eigenvalue weighted by molar-refractivity contribution is 0.534. The zero-order chi connectivity index (χ0) is 14.5. The second-order valence-electron chi connectivity index (χ2n) is 5.39. The van der Waals surface area contributed by atoms with Crippen molar-refractivity contribution in [2.24, 2.45) is 0 Å². The molecule has 0 aliphatic heterocycles. The monoisotopic (exact) mass is 269 g/mol. The predicted octanol–water partition coefficient (Wildman–Crippen LogP) is 3.30. The lowest BCUT2D eigenvalue weighted by Gasteiger charge is -2.18. The number of hydrogen-bond donors (Lipinski definition) is 1. The Morgan fingerprint density at radius 3 is 2.25 bits per heavy atom. The maximum atomic E-state index is 4.51. The van der Waals surface area contributed by atoms with Crippen LogP contribution in [0.25, 0.3) is 0 Å². The van der Waals surface area contributed by atoms with Gasteiger partial charge in [0, 0.05) is 6.20 Å². The van der Waals surface area contributed by atoms with Crippen LogP contribution in [0, 0.1) is 20.8 Å². The van der Waals surface area contributed by atoms with Gasteiger partial charge in [0.2, 0.25) is 0 Å². The van der Waals surface area contributed by atoms with Gasteiger partial charge in [-0.2, -0.15) is 0 Å². The largest absolute Gasteiger partial charge is 0.309 e. The summed E-state index contributed by atoms with van der Waals surface area (Å²) in [6, 6.07) is 6.92. The molecular formula is C17H23N3. The fourth-order valence-electron chi connectivity index (χ4n) is 2.53. The van der Waals surface area contributed by atoms with Crippen LogP contribution in [0.4, 0.5) is 0 Å². The van der Waals surface area contributed by atoms with Gasteiger partial charge in [0.25, 0.3) is 0 Å². The lowest BCUT2D eigenvalue weighted by atomic mass is 9.99. The molecule has 1 aromatic heterocycles. The van der Waals surface area contributed by atoms with E-state index in [0.29, 0.717) is 0 Å². The van der Waals surface area contributed by atoms with Crippen LogP contribution in [0.1, 0.15) is 41.0 Å². The molecule has 1 unspecified atom stereocenters. The lowest BCUT2D eigenvalue weighted by Crippen LogP contribution is -2.24. The number of rotatable bonds is 5. The summed E-state index contributed by atoms with van der Waals surface area (Å²) < 4.78 is 0. The van der Waals surface area contributed by atoms with Crippen LogP contribution in [0.2, 0.25) is 0 Å². The molecule has 2 rings (SSSR count). The van der Waals surface area contributed by atoms with E-state index in [1.165, 1.54) is 16.7 Å². The molecule has 2 aromatic rings. The van der Waals surface area contributed by atoms with E-state index >= 15 is 0 Å². The van der Waals surface area contributed by atoms with Gasteiger partial charge in [0.15, 0.2) is 0 Å². The van der Waals surface area contributed by atoms with Crippen LogP contribution in [-0.4, -0.2) is 16.5 Å². The summed E-state index contributed by atoms with van der Waals surface area (Å²) >= 11 is 0. The molecule has 0 bridgehead atoms. The minimum atomic E-state index is 0.217. The highest BCUT2D eigenvalue weighted by Crippen LogP contribution is 2.18. The Morgan fingerprint density at radius 1 is 1.00 bits per heavy atom. The highest BCUT2D eigenvalue weighted by atomic mass is 14.9. The van der Waals surface area contributed by atoms with Crippen molar-refractivity contribution in [3.63, 3.8) is 0 Å². The third-order valence-corrected chi connectivity index (χ3v) is 3.33. The zero-order valence-corrected chi connectivity index (χ0v) is 12.8. The molecular weight excluding hydrogens is 246 g/mol. The zero-order valence-electron chi connectivity index (χ0n) is 12.8. The fourth-order valence-corrected chi connectivity index (χ4v) is 2.53. The number of hydrogen-bond acceptors (Lipinski definition) is 3. The van der Waals surface area contributed by atoms with E-state index in [1.54, 1.807) is 0 Å². The van der Waals surface area contributed by atoms with Crippen LogP contribution in [0.3, 0.4) is 0 Å². The molecule has 0 aliphatic rings. The highest BCUT2D eigenvalue weighted by Gasteiger charge is 2.13. The standard InChI is InChI=1S/C17H23N3/c1-5-18-16(17-11-19-14(4)10-20-17)9-15-7-12(2)6-13(3)8-15/h6-8,10-11,16,18H,5,9H2,1-4H3. The summed E-state index contributed by atoms with van der Waals surface area (Å²) in [4.78, 5) is 8.87. The molecule has 0 spiro atoms. The van der Waals surface area contributed by atoms with Crippen molar-refractivity contribution < 1.29 is 0 Å². The van der Waals surface area contributed by atoms with Gasteiger partial charge in [-0.1, -0.05) is 36.2 Å². The molecule has 0 amide bonds. The first kappa shape index (κ1) is 14.7. The summed E-state index contributed by atoms with van der Waals surface area (Å²) in [6.07, 6.45) is 4.65. The van der Waals surface area contributed by atoms with Crippen molar-refractivity contribution in [3.05, 3.63) is 58.7 Å². The van der Waals surface area contributed by atoms with E-state index in [9.17, 15) is 0 Å². The third kappa shape index (κ3) is 3.87. The average Bonchev–Trinajstić information content (AvgIpc) is 2.38. The molecule has 1 heterocycles. The molecule has 20 heavy (non-hydrogen) atoms. The SMILES string of the molecule is CCNC(Cc1cc(C)cc(C)c1)c1cnc(C)cn1. The van der Waals surface area contributed by atoms with Crippen molar-refractivity contribution in [1.82, 2.24) is 15.3 Å². The van der Waals surface area contributed by atoms with Gasteiger partial charge in [-0.15, -0.1) is 0 Å². The maximum Gasteiger partial charge on any atom is 0.0759 e. The summed E-state index contributed by atoms with van der Waals surface area (Å²) in [5.41, 5.74) is 5.93. The molecule has 3 heteroatoms. The highest BCUT2D eigenvalue weighted by molar-refractivity contribution is 5.29. The maximum absolute atomic E-state index is 4.51. The smallest absolute Gasteiger partial charge is 0.0759 e. The van der Waals surface area contributed by atoms with Crippen LogP contribution in [0.15, 0.2) is 30.6 Å². The Hall–Kier alpha value is -1.74. The first-order valence-corrected chi connectivity index (χ1v) is 7.17. The fraction of sp³-hybridized carbons (Fsp3) is 0.412. The van der Waals surface area contributed by atoms with Crippen molar-refractivity contribution >= 4 is 0 Å². The van der Waals surface area contributed by atoms with Gasteiger partial charge in [0.05, 0.1) is 23.6 Å². The number of likely N-dealkylation sites (N-methyl/N-ethyl adjacent to an activating group) is 1. The van der Waals surface area contributed by atoms with Gasteiger partial charge >= 0.3 is 0 Å². The Balaban J connectivity index is 2.22. The molecule has 0 aliphatic carbocycles. The summed E-state index contributed by atoms with van der Waals surface area (Å²) in [5, 5.41) is 3.50. The van der Waals surface area contributed by atoms with E-state index in [1.807, 2.05) is 19.3 Å². The number of aromatic nitrogens is 2. The minimum Gasteiger partial charge on any atom is -0.309 e. The Bertz CT molecular complexity index is 541. The van der Waals surface area contributed by atoms with Crippen LogP contribution >= 0.6 is 0 Å². The van der Waals surface area contributed by atoms with E-state index < -0.39 is 0 Å². The van der Waals surface area contributed by atoms with Crippen molar-refractivity contribution in [3.8, 4) is 0 Å². The van der Waals surface area contributed by atoms with E-state index in [2.05, 4.69) is 54.3 Å². The van der Waals surface area contributed by atoms with Crippen molar-refractivity contribution in [2.75, 3.05) is 6.54 Å². The Morgan fingerprint density at radius 2 is 1.70 bits per heavy atom. The molecule has 3 nitrogen and oxygen atoms in total. The topological polar surface area (TPSA) is 37.8 Å². The van der Waals surface area contributed by atoms with E-state index in [4.69, 9.17) is 0 Å². The van der Waals surface area contributed by atoms with E-state index in [0.717, 1.165) is 24.4 Å². The normalized spacial score (nSPS) is 12.4. The first-order chi connectivity index (χ1) is 9.58. The molecule has 106 valence electrons. The molecule has 0 saturated carbocycles. The van der Waals surface area contributed by atoms with Crippen molar-refractivity contribution in [2.45, 2.75) is 40.2 Å². The molecule has 1 aromatic carbocycles. The van der Waals surface area contributed by atoms with Gasteiger partial charge in [0.1, 0.15) is 0 Å². The summed E-state index contributed by atoms with van der Waals surface area (Å²) in [7, 11) is 0. The Kier molecular flexibility index (Phi) is 4.85. The van der Waals surface area contributed by atoms with Gasteiger partial charge in [-0.3, -0.25) is 9.97 Å². The second kappa shape index (κ2) is 6.62. The third-order valence-electron chi connectivity index (χ3n) is 3.33. The number of benzene rings is 1. The minimum absolute atomic E-state index is 0.217. The second-order valence-corrected chi connectivity index (χ2v) is 5.39. The molecule has 0 radical (unpaired) electrons. The number of nitrogens with zero attached hydrogens (tertiary/aromatic N) is 2. The molecule has 1 atom stereocenters. The van der Waals surface area contributed by atoms with E-state index in [-0.39, 0.29) is 6.04 Å². The van der Waals surface area contributed by atoms with Gasteiger partial charge in [-0.25, -0.2) is 0 Å². The Labute approximate surface area is 121 Å². The van der Waals surface area contributed by atoms with Crippen molar-refractivity contribution in [1.29, 1.82) is 0 Å².